The van der Waals surface area contributed by atoms with Crippen LogP contribution in [0.2, 0.25) is 0 Å². The van der Waals surface area contributed by atoms with Crippen molar-refractivity contribution in [2.45, 2.75) is 0 Å². The number of carbonyl (C=O) groups excluding carboxylic acids is 1. The van der Waals surface area contributed by atoms with E-state index in [1.165, 1.54) is 13.2 Å². The molecule has 3 heteroatoms. The summed E-state index contributed by atoms with van der Waals surface area (Å²) in [5, 5.41) is 1.15. The van der Waals surface area contributed by atoms with Crippen LogP contribution in [0.1, 0.15) is 0 Å². The van der Waals surface area contributed by atoms with Crippen LogP contribution in [0.3, 0.4) is 0 Å². The largest absolute Gasteiger partial charge is 0.274 e. The van der Waals surface area contributed by atoms with Crippen LogP contribution in [-0.2, 0) is 9.63 Å². The van der Waals surface area contributed by atoms with Gasteiger partial charge in [-0.1, -0.05) is 12.7 Å². The molecule has 0 aliphatic rings. The van der Waals surface area contributed by atoms with Gasteiger partial charge in [0.05, 0.1) is 13.7 Å². The monoisotopic (exact) mass is 141 g/mol. The molecule has 3 nitrogen and oxygen atoms in total. The molecule has 0 N–H and O–H groups in total. The van der Waals surface area contributed by atoms with Gasteiger partial charge in [-0.25, -0.2) is 5.06 Å². The molecular formula is C7H11NO2. The highest BCUT2D eigenvalue weighted by atomic mass is 16.7. The van der Waals surface area contributed by atoms with Crippen molar-refractivity contribution >= 4 is 5.91 Å². The summed E-state index contributed by atoms with van der Waals surface area (Å²) in [5.41, 5.74) is 0. The van der Waals surface area contributed by atoms with E-state index in [-0.39, 0.29) is 5.91 Å². The van der Waals surface area contributed by atoms with Gasteiger partial charge in [-0.15, -0.1) is 6.58 Å². The molecule has 0 saturated carbocycles. The van der Waals surface area contributed by atoms with E-state index in [4.69, 9.17) is 0 Å². The van der Waals surface area contributed by atoms with Crippen molar-refractivity contribution in [3.05, 3.63) is 25.3 Å². The van der Waals surface area contributed by atoms with E-state index in [0.29, 0.717) is 6.54 Å². The molecule has 10 heavy (non-hydrogen) atoms. The van der Waals surface area contributed by atoms with E-state index in [0.717, 1.165) is 5.06 Å². The van der Waals surface area contributed by atoms with Crippen LogP contribution in [0.5, 0.6) is 0 Å². The molecule has 0 heterocycles. The summed E-state index contributed by atoms with van der Waals surface area (Å²) in [6.07, 6.45) is 2.76. The smallest absolute Gasteiger partial charge is 0.269 e. The van der Waals surface area contributed by atoms with Gasteiger partial charge in [0.25, 0.3) is 5.91 Å². The van der Waals surface area contributed by atoms with Gasteiger partial charge in [0, 0.05) is 0 Å². The van der Waals surface area contributed by atoms with Gasteiger partial charge in [0.2, 0.25) is 0 Å². The minimum atomic E-state index is -0.262. The number of amides is 1. The number of carbonyl (C=O) groups is 1. The maximum absolute atomic E-state index is 10.8. The Morgan fingerprint density at radius 2 is 2.30 bits per heavy atom. The van der Waals surface area contributed by atoms with Crippen LogP contribution in [0.15, 0.2) is 25.3 Å². The summed E-state index contributed by atoms with van der Waals surface area (Å²) in [6, 6.07) is 0. The van der Waals surface area contributed by atoms with Crippen LogP contribution < -0.4 is 0 Å². The van der Waals surface area contributed by atoms with Crippen LogP contribution >= 0.6 is 0 Å². The summed E-state index contributed by atoms with van der Waals surface area (Å²) in [7, 11) is 1.42. The Kier molecular flexibility index (Phi) is 4.24. The highest BCUT2D eigenvalue weighted by molar-refractivity contribution is 5.86. The van der Waals surface area contributed by atoms with Gasteiger partial charge in [0.1, 0.15) is 0 Å². The summed E-state index contributed by atoms with van der Waals surface area (Å²) < 4.78 is 0. The molecule has 0 aromatic carbocycles. The first-order valence-electron chi connectivity index (χ1n) is 2.85. The highest BCUT2D eigenvalue weighted by Crippen LogP contribution is 1.89. The molecular weight excluding hydrogens is 130 g/mol. The van der Waals surface area contributed by atoms with Crippen molar-refractivity contribution in [3.8, 4) is 0 Å². The Hall–Kier alpha value is -1.09. The standard InChI is InChI=1S/C7H11NO2/c1-4-6-8(10-3)7(9)5-2/h4-5H,1-2,6H2,3H3. The molecule has 0 spiro atoms. The second-order valence-corrected chi connectivity index (χ2v) is 1.57. The van der Waals surface area contributed by atoms with E-state index in [1.807, 2.05) is 0 Å². The maximum atomic E-state index is 10.8. The van der Waals surface area contributed by atoms with E-state index in [9.17, 15) is 4.79 Å². The third kappa shape index (κ3) is 2.46. The van der Waals surface area contributed by atoms with Crippen LogP contribution in [0.25, 0.3) is 0 Å². The van der Waals surface area contributed by atoms with Crippen LogP contribution in [0, 0.1) is 0 Å². The molecule has 0 atom stereocenters. The topological polar surface area (TPSA) is 29.5 Å². The number of nitrogens with zero attached hydrogens (tertiary/aromatic N) is 1. The maximum Gasteiger partial charge on any atom is 0.269 e. The summed E-state index contributed by atoms with van der Waals surface area (Å²) in [6.45, 7) is 7.14. The van der Waals surface area contributed by atoms with Gasteiger partial charge < -0.3 is 0 Å². The molecule has 0 radical (unpaired) electrons. The van der Waals surface area contributed by atoms with Crippen LogP contribution in [-0.4, -0.2) is 24.6 Å². The number of hydroxylamine groups is 2. The zero-order valence-electron chi connectivity index (χ0n) is 6.04. The van der Waals surface area contributed by atoms with E-state index < -0.39 is 0 Å². The Labute approximate surface area is 60.5 Å². The predicted octanol–water partition coefficient (Wildman–Crippen LogP) is 0.748. The van der Waals surface area contributed by atoms with Crippen molar-refractivity contribution in [2.24, 2.45) is 0 Å². The molecule has 0 bridgehead atoms. The fraction of sp³-hybridized carbons (Fsp3) is 0.286. The highest BCUT2D eigenvalue weighted by Gasteiger charge is 2.04. The molecule has 0 unspecified atom stereocenters. The van der Waals surface area contributed by atoms with Gasteiger partial charge in [-0.05, 0) is 6.08 Å². The third-order valence-corrected chi connectivity index (χ3v) is 0.936. The Balaban J connectivity index is 3.91. The van der Waals surface area contributed by atoms with Crippen molar-refractivity contribution in [3.63, 3.8) is 0 Å². The zero-order chi connectivity index (χ0) is 7.98. The fourth-order valence-corrected chi connectivity index (χ4v) is 0.474. The van der Waals surface area contributed by atoms with Crippen molar-refractivity contribution in [1.29, 1.82) is 0 Å². The number of hydrogen-bond acceptors (Lipinski definition) is 2. The number of hydrogen-bond donors (Lipinski definition) is 0. The minimum Gasteiger partial charge on any atom is -0.274 e. The van der Waals surface area contributed by atoms with E-state index in [1.54, 1.807) is 6.08 Å². The summed E-state index contributed by atoms with van der Waals surface area (Å²) in [4.78, 5) is 15.5. The predicted molar refractivity (Wildman–Crippen MR) is 39.1 cm³/mol. The van der Waals surface area contributed by atoms with Crippen molar-refractivity contribution in [2.75, 3.05) is 13.7 Å². The lowest BCUT2D eigenvalue weighted by Crippen LogP contribution is -2.27. The molecule has 0 saturated heterocycles. The minimum absolute atomic E-state index is 0.262. The first-order chi connectivity index (χ1) is 4.76. The normalized spacial score (nSPS) is 8.50. The second kappa shape index (κ2) is 4.76. The SMILES string of the molecule is C=CCN(OC)C(=O)C=C. The van der Waals surface area contributed by atoms with Crippen molar-refractivity contribution < 1.29 is 9.63 Å². The summed E-state index contributed by atoms with van der Waals surface area (Å²) in [5.74, 6) is -0.262. The molecule has 56 valence electrons. The fourth-order valence-electron chi connectivity index (χ4n) is 0.474. The first-order valence-corrected chi connectivity index (χ1v) is 2.85. The first kappa shape index (κ1) is 8.91. The Bertz CT molecular complexity index is 143. The van der Waals surface area contributed by atoms with Gasteiger partial charge in [-0.2, -0.15) is 0 Å². The molecule has 0 rings (SSSR count). The average Bonchev–Trinajstić information content (AvgIpc) is 1.99. The lowest BCUT2D eigenvalue weighted by Gasteiger charge is -2.14. The zero-order valence-corrected chi connectivity index (χ0v) is 6.04. The second-order valence-electron chi connectivity index (χ2n) is 1.57. The average molecular weight is 141 g/mol. The van der Waals surface area contributed by atoms with Crippen LogP contribution in [0.4, 0.5) is 0 Å². The Morgan fingerprint density at radius 1 is 1.70 bits per heavy atom. The quantitative estimate of drug-likeness (QED) is 0.328. The molecule has 0 aliphatic carbocycles. The molecule has 0 fully saturated rings. The van der Waals surface area contributed by atoms with Gasteiger partial charge in [0.15, 0.2) is 0 Å². The van der Waals surface area contributed by atoms with Crippen molar-refractivity contribution in [1.82, 2.24) is 5.06 Å². The van der Waals surface area contributed by atoms with Gasteiger partial charge >= 0.3 is 0 Å². The molecule has 0 aliphatic heterocycles. The molecule has 0 aromatic heterocycles. The molecule has 1 amide bonds. The number of rotatable bonds is 4. The lowest BCUT2D eigenvalue weighted by atomic mass is 10.5. The van der Waals surface area contributed by atoms with E-state index >= 15 is 0 Å². The van der Waals surface area contributed by atoms with Gasteiger partial charge in [-0.3, -0.25) is 9.63 Å². The molecule has 0 aromatic rings. The Morgan fingerprint density at radius 3 is 2.60 bits per heavy atom. The lowest BCUT2D eigenvalue weighted by molar-refractivity contribution is -0.167. The summed E-state index contributed by atoms with van der Waals surface area (Å²) >= 11 is 0. The van der Waals surface area contributed by atoms with E-state index in [2.05, 4.69) is 18.0 Å². The third-order valence-electron chi connectivity index (χ3n) is 0.936.